The van der Waals surface area contributed by atoms with Gasteiger partial charge >= 0.3 is 24.8 Å². The Morgan fingerprint density at radius 3 is 2.44 bits per heavy atom. The summed E-state index contributed by atoms with van der Waals surface area (Å²) in [5, 5.41) is 12.3. The number of aryl methyl sites for hydroxylation is 1. The number of thioether (sulfide) groups is 1. The normalized spacial score (nSPS) is 12.3. The van der Waals surface area contributed by atoms with E-state index < -0.39 is 17.9 Å². The van der Waals surface area contributed by atoms with E-state index in [0.29, 0.717) is 34.8 Å². The Bertz CT molecular complexity index is 1470. The molecule has 2 unspecified atom stereocenters. The van der Waals surface area contributed by atoms with Crippen LogP contribution >= 0.6 is 11.8 Å². The third-order valence-electron chi connectivity index (χ3n) is 6.63. The number of carbonyl (C=O) groups excluding carboxylic acids is 1. The molecule has 3 aromatic carbocycles. The number of rotatable bonds is 12. The molecule has 0 aliphatic rings. The van der Waals surface area contributed by atoms with Crippen LogP contribution in [0.15, 0.2) is 83.3 Å². The summed E-state index contributed by atoms with van der Waals surface area (Å²) in [6.07, 6.45) is 1.88. The van der Waals surface area contributed by atoms with Gasteiger partial charge in [0.2, 0.25) is 0 Å². The first-order valence-electron chi connectivity index (χ1n) is 13.0. The molecule has 1 amide bonds. The van der Waals surface area contributed by atoms with E-state index in [1.165, 1.54) is 23.9 Å². The molecule has 0 bridgehead atoms. The van der Waals surface area contributed by atoms with Gasteiger partial charge in [-0.15, -0.1) is 0 Å². The zero-order valence-electron chi connectivity index (χ0n) is 22.6. The van der Waals surface area contributed by atoms with Gasteiger partial charge in [0, 0.05) is 11.1 Å². The number of aliphatic carboxylic acids is 1. The van der Waals surface area contributed by atoms with E-state index in [1.54, 1.807) is 18.2 Å². The predicted octanol–water partition coefficient (Wildman–Crippen LogP) is 6.63. The van der Waals surface area contributed by atoms with Crippen molar-refractivity contribution in [2.45, 2.75) is 39.0 Å². The Kier molecular flexibility index (Phi) is 11.9. The minimum absolute atomic E-state index is 0. The van der Waals surface area contributed by atoms with E-state index in [0.717, 1.165) is 22.3 Å². The Morgan fingerprint density at radius 1 is 1.02 bits per heavy atom. The summed E-state index contributed by atoms with van der Waals surface area (Å²) >= 11 is 1.53. The van der Waals surface area contributed by atoms with Crippen LogP contribution in [0.1, 0.15) is 46.7 Å². The second-order valence-corrected chi connectivity index (χ2v) is 10.5. The van der Waals surface area contributed by atoms with Gasteiger partial charge in [-0.1, -0.05) is 30.3 Å². The van der Waals surface area contributed by atoms with Crippen LogP contribution in [0.5, 0.6) is 0 Å². The first kappa shape index (κ1) is 32.2. The fourth-order valence-electron chi connectivity index (χ4n) is 4.35. The van der Waals surface area contributed by atoms with E-state index in [1.807, 2.05) is 68.6 Å². The monoisotopic (exact) mass is 569 g/mol. The van der Waals surface area contributed by atoms with Crippen molar-refractivity contribution < 1.29 is 28.2 Å². The van der Waals surface area contributed by atoms with Gasteiger partial charge in [0.05, 0.1) is 6.61 Å². The minimum atomic E-state index is -1.06. The molecular formula is C32H33FLiNO5S. The Hall–Kier alpha value is -3.28. The van der Waals surface area contributed by atoms with Gasteiger partial charge in [-0.05, 0) is 103 Å². The number of amides is 1. The van der Waals surface area contributed by atoms with Crippen molar-refractivity contribution in [2.24, 2.45) is 0 Å². The number of carboxylic acid groups (broad SMARTS) is 1. The number of ether oxygens (including phenoxy) is 1. The average Bonchev–Trinajstić information content (AvgIpc) is 3.45. The van der Waals surface area contributed by atoms with Gasteiger partial charge in [-0.25, -0.2) is 9.18 Å². The zero-order chi connectivity index (χ0) is 28.6. The third-order valence-corrected chi connectivity index (χ3v) is 7.28. The van der Waals surface area contributed by atoms with E-state index in [9.17, 15) is 19.1 Å². The standard InChI is InChI=1S/C32H32FNO5S.Li.H/c1-20-6-4-5-7-25(20)27-18-22(8-13-26(27)31(35)34-28(32(36)37)16-17-40-3)19-38-21(2)29-14-15-30(39-29)23-9-11-24(33)12-10-23;;/h4-15,18,21,28H,16-17,19H2,1-3H3,(H,34,35)(H,36,37);;. The molecule has 0 spiro atoms. The van der Waals surface area contributed by atoms with Gasteiger partial charge < -0.3 is 19.6 Å². The van der Waals surface area contributed by atoms with Gasteiger partial charge in [-0.2, -0.15) is 11.8 Å². The second kappa shape index (κ2) is 15.1. The van der Waals surface area contributed by atoms with Crippen molar-refractivity contribution in [3.8, 4) is 22.5 Å². The van der Waals surface area contributed by atoms with Crippen LogP contribution in [0.2, 0.25) is 0 Å². The summed E-state index contributed by atoms with van der Waals surface area (Å²) in [7, 11) is 0. The molecule has 0 aliphatic carbocycles. The summed E-state index contributed by atoms with van der Waals surface area (Å²) in [5.74, 6) is 0.0884. The van der Waals surface area contributed by atoms with Crippen molar-refractivity contribution in [1.82, 2.24) is 5.32 Å². The summed E-state index contributed by atoms with van der Waals surface area (Å²) in [6.45, 7) is 4.12. The first-order chi connectivity index (χ1) is 19.3. The number of benzene rings is 3. The average molecular weight is 570 g/mol. The molecule has 4 rings (SSSR count). The molecule has 0 radical (unpaired) electrons. The molecule has 2 N–H and O–H groups in total. The number of nitrogens with one attached hydrogen (secondary N) is 1. The molecule has 2 atom stereocenters. The van der Waals surface area contributed by atoms with E-state index in [4.69, 9.17) is 9.15 Å². The number of carboxylic acids is 1. The van der Waals surface area contributed by atoms with Crippen molar-refractivity contribution in [2.75, 3.05) is 12.0 Å². The van der Waals surface area contributed by atoms with Crippen molar-refractivity contribution >= 4 is 42.5 Å². The van der Waals surface area contributed by atoms with Crippen LogP contribution < -0.4 is 5.32 Å². The zero-order valence-corrected chi connectivity index (χ0v) is 23.5. The SMILES string of the molecule is CSCCC(NC(=O)c1ccc(COC(C)c2ccc(-c3ccc(F)cc3)o2)cc1-c1ccccc1C)C(=O)O.[LiH]. The maximum absolute atomic E-state index is 13.3. The molecule has 41 heavy (non-hydrogen) atoms. The number of furan rings is 1. The van der Waals surface area contributed by atoms with E-state index in [2.05, 4.69) is 5.32 Å². The molecule has 0 saturated heterocycles. The molecule has 0 saturated carbocycles. The molecule has 1 heterocycles. The number of hydrogen-bond acceptors (Lipinski definition) is 5. The van der Waals surface area contributed by atoms with Crippen molar-refractivity contribution in [3.05, 3.63) is 107 Å². The Morgan fingerprint density at radius 2 is 1.76 bits per heavy atom. The summed E-state index contributed by atoms with van der Waals surface area (Å²) < 4.78 is 25.3. The van der Waals surface area contributed by atoms with Gasteiger partial charge in [-0.3, -0.25) is 4.79 Å². The Balaban J connectivity index is 0.00000462. The quantitative estimate of drug-likeness (QED) is 0.186. The van der Waals surface area contributed by atoms with Crippen LogP contribution in [-0.4, -0.2) is 53.9 Å². The fourth-order valence-corrected chi connectivity index (χ4v) is 4.82. The fraction of sp³-hybridized carbons (Fsp3) is 0.250. The molecule has 9 heteroatoms. The second-order valence-electron chi connectivity index (χ2n) is 9.50. The van der Waals surface area contributed by atoms with Crippen molar-refractivity contribution in [1.29, 1.82) is 0 Å². The summed E-state index contributed by atoms with van der Waals surface area (Å²) in [4.78, 5) is 25.0. The van der Waals surface area contributed by atoms with E-state index in [-0.39, 0.29) is 37.4 Å². The molecule has 1 aromatic heterocycles. The predicted molar refractivity (Wildman–Crippen MR) is 163 cm³/mol. The summed E-state index contributed by atoms with van der Waals surface area (Å²) in [6, 6.07) is 22.0. The van der Waals surface area contributed by atoms with E-state index >= 15 is 0 Å². The van der Waals surface area contributed by atoms with Crippen LogP contribution in [0.4, 0.5) is 4.39 Å². The van der Waals surface area contributed by atoms with Crippen LogP contribution in [0.3, 0.4) is 0 Å². The van der Waals surface area contributed by atoms with Gasteiger partial charge in [0.15, 0.2) is 0 Å². The van der Waals surface area contributed by atoms with Gasteiger partial charge in [0.1, 0.15) is 29.5 Å². The van der Waals surface area contributed by atoms with Crippen LogP contribution in [-0.2, 0) is 16.1 Å². The van der Waals surface area contributed by atoms with Crippen molar-refractivity contribution in [3.63, 3.8) is 0 Å². The molecule has 0 fully saturated rings. The third kappa shape index (κ3) is 8.37. The summed E-state index contributed by atoms with van der Waals surface area (Å²) in [5.41, 5.74) is 4.60. The molecule has 0 aliphatic heterocycles. The van der Waals surface area contributed by atoms with Crippen LogP contribution in [0, 0.1) is 12.7 Å². The molecule has 210 valence electrons. The molecular weight excluding hydrogens is 536 g/mol. The Labute approximate surface area is 255 Å². The first-order valence-corrected chi connectivity index (χ1v) is 14.3. The number of halogens is 1. The van der Waals surface area contributed by atoms with Gasteiger partial charge in [0.25, 0.3) is 5.91 Å². The maximum atomic E-state index is 13.3. The topological polar surface area (TPSA) is 88.8 Å². The number of carbonyl (C=O) groups is 2. The molecule has 4 aromatic rings. The molecule has 6 nitrogen and oxygen atoms in total. The number of hydrogen-bond donors (Lipinski definition) is 2. The van der Waals surface area contributed by atoms with Crippen LogP contribution in [0.25, 0.3) is 22.5 Å².